The molecule has 1 aromatic carbocycles. The molecular weight excluding hydrogens is 246 g/mol. The second kappa shape index (κ2) is 7.80. The fourth-order valence-corrected chi connectivity index (χ4v) is 3.56. The Morgan fingerprint density at radius 2 is 2.10 bits per heavy atom. The van der Waals surface area contributed by atoms with Gasteiger partial charge in [-0.3, -0.25) is 0 Å². The first-order chi connectivity index (χ1) is 9.82. The first-order valence-corrected chi connectivity index (χ1v) is 8.19. The van der Waals surface area contributed by atoms with Crippen molar-refractivity contribution in [2.75, 3.05) is 26.3 Å². The van der Waals surface area contributed by atoms with E-state index >= 15 is 0 Å². The zero-order chi connectivity index (χ0) is 14.3. The Morgan fingerprint density at radius 1 is 1.25 bits per heavy atom. The summed E-state index contributed by atoms with van der Waals surface area (Å²) in [4.78, 5) is 0. The largest absolute Gasteiger partial charge is 0.382 e. The van der Waals surface area contributed by atoms with Gasteiger partial charge in [0, 0.05) is 25.2 Å². The van der Waals surface area contributed by atoms with Crippen molar-refractivity contribution in [2.24, 2.45) is 0 Å². The molecule has 0 heterocycles. The van der Waals surface area contributed by atoms with Gasteiger partial charge >= 0.3 is 0 Å². The molecule has 0 aromatic heterocycles. The second-order valence-electron chi connectivity index (χ2n) is 5.87. The lowest BCUT2D eigenvalue weighted by Crippen LogP contribution is -2.41. The van der Waals surface area contributed by atoms with Crippen molar-refractivity contribution in [1.29, 1.82) is 0 Å². The van der Waals surface area contributed by atoms with E-state index in [1.807, 2.05) is 0 Å². The molecule has 1 aromatic rings. The van der Waals surface area contributed by atoms with E-state index in [9.17, 15) is 0 Å². The standard InChI is InChI=1S/C18H29NO/c1-3-19-15-18(13-8-14-20-4-2)12-7-10-16-9-5-6-11-17(16)18/h5-6,9,11,19H,3-4,7-8,10,12-15H2,1-2H3. The highest BCUT2D eigenvalue weighted by atomic mass is 16.5. The summed E-state index contributed by atoms with van der Waals surface area (Å²) < 4.78 is 5.54. The predicted octanol–water partition coefficient (Wildman–Crippen LogP) is 3.69. The first kappa shape index (κ1) is 15.5. The average molecular weight is 275 g/mol. The van der Waals surface area contributed by atoms with Crippen LogP contribution >= 0.6 is 0 Å². The van der Waals surface area contributed by atoms with Crippen LogP contribution in [0.25, 0.3) is 0 Å². The lowest BCUT2D eigenvalue weighted by Gasteiger charge is -2.40. The molecule has 2 heteroatoms. The maximum atomic E-state index is 5.54. The third-order valence-electron chi connectivity index (χ3n) is 4.55. The maximum Gasteiger partial charge on any atom is 0.0466 e. The van der Waals surface area contributed by atoms with Crippen molar-refractivity contribution in [3.63, 3.8) is 0 Å². The Labute approximate surface area is 123 Å². The molecule has 0 spiro atoms. The fraction of sp³-hybridized carbons (Fsp3) is 0.667. The highest BCUT2D eigenvalue weighted by Gasteiger charge is 2.35. The summed E-state index contributed by atoms with van der Waals surface area (Å²) in [5.41, 5.74) is 3.47. The number of ether oxygens (including phenoxy) is 1. The van der Waals surface area contributed by atoms with Gasteiger partial charge in [0.15, 0.2) is 0 Å². The number of hydrogen-bond donors (Lipinski definition) is 1. The van der Waals surface area contributed by atoms with E-state index in [-0.39, 0.29) is 0 Å². The van der Waals surface area contributed by atoms with Gasteiger partial charge in [0.1, 0.15) is 0 Å². The molecule has 0 amide bonds. The van der Waals surface area contributed by atoms with Gasteiger partial charge in [-0.2, -0.15) is 0 Å². The molecule has 112 valence electrons. The highest BCUT2D eigenvalue weighted by Crippen LogP contribution is 2.40. The van der Waals surface area contributed by atoms with E-state index in [0.29, 0.717) is 5.41 Å². The van der Waals surface area contributed by atoms with Crippen LogP contribution in [0.15, 0.2) is 24.3 Å². The minimum Gasteiger partial charge on any atom is -0.382 e. The summed E-state index contributed by atoms with van der Waals surface area (Å²) >= 11 is 0. The van der Waals surface area contributed by atoms with Gasteiger partial charge in [0.05, 0.1) is 0 Å². The Bertz CT molecular complexity index is 404. The van der Waals surface area contributed by atoms with E-state index in [4.69, 9.17) is 4.74 Å². The third-order valence-corrected chi connectivity index (χ3v) is 4.55. The Kier molecular flexibility index (Phi) is 6.06. The summed E-state index contributed by atoms with van der Waals surface area (Å²) in [6.45, 7) is 8.15. The number of benzene rings is 1. The summed E-state index contributed by atoms with van der Waals surface area (Å²) in [6, 6.07) is 9.06. The minimum absolute atomic E-state index is 0.321. The molecule has 2 nitrogen and oxygen atoms in total. The fourth-order valence-electron chi connectivity index (χ4n) is 3.56. The molecule has 0 saturated heterocycles. The average Bonchev–Trinajstić information content (AvgIpc) is 2.50. The molecule has 1 atom stereocenters. The molecule has 1 unspecified atom stereocenters. The number of likely N-dealkylation sites (N-methyl/N-ethyl adjacent to an activating group) is 1. The van der Waals surface area contributed by atoms with Gasteiger partial charge in [-0.25, -0.2) is 0 Å². The summed E-state index contributed by atoms with van der Waals surface area (Å²) in [6.07, 6.45) is 6.26. The van der Waals surface area contributed by atoms with Crippen molar-refractivity contribution < 1.29 is 4.74 Å². The van der Waals surface area contributed by atoms with Gasteiger partial charge in [-0.15, -0.1) is 0 Å². The van der Waals surface area contributed by atoms with Crippen molar-refractivity contribution in [1.82, 2.24) is 5.32 Å². The second-order valence-corrected chi connectivity index (χ2v) is 5.87. The highest BCUT2D eigenvalue weighted by molar-refractivity contribution is 5.37. The molecule has 1 N–H and O–H groups in total. The molecule has 0 fully saturated rings. The van der Waals surface area contributed by atoms with Gasteiger partial charge < -0.3 is 10.1 Å². The predicted molar refractivity (Wildman–Crippen MR) is 85.3 cm³/mol. The van der Waals surface area contributed by atoms with Gasteiger partial charge in [-0.05, 0) is 56.7 Å². The molecule has 2 rings (SSSR count). The lowest BCUT2D eigenvalue weighted by molar-refractivity contribution is 0.134. The molecular formula is C18H29NO. The molecule has 0 radical (unpaired) electrons. The van der Waals surface area contributed by atoms with Crippen LogP contribution in [-0.2, 0) is 16.6 Å². The molecule has 1 aliphatic carbocycles. The number of fused-ring (bicyclic) bond motifs is 1. The third kappa shape index (κ3) is 3.62. The van der Waals surface area contributed by atoms with Crippen LogP contribution in [0.1, 0.15) is 50.7 Å². The Balaban J connectivity index is 2.14. The zero-order valence-corrected chi connectivity index (χ0v) is 13.1. The first-order valence-electron chi connectivity index (χ1n) is 8.19. The minimum atomic E-state index is 0.321. The van der Waals surface area contributed by atoms with Crippen molar-refractivity contribution in [3.05, 3.63) is 35.4 Å². The molecule has 0 saturated carbocycles. The van der Waals surface area contributed by atoms with Crippen molar-refractivity contribution in [3.8, 4) is 0 Å². The number of hydrogen-bond acceptors (Lipinski definition) is 2. The molecule has 20 heavy (non-hydrogen) atoms. The smallest absolute Gasteiger partial charge is 0.0466 e. The Morgan fingerprint density at radius 3 is 2.90 bits per heavy atom. The quantitative estimate of drug-likeness (QED) is 0.731. The molecule has 0 bridgehead atoms. The van der Waals surface area contributed by atoms with Gasteiger partial charge in [0.2, 0.25) is 0 Å². The summed E-state index contributed by atoms with van der Waals surface area (Å²) in [5.74, 6) is 0. The monoisotopic (exact) mass is 275 g/mol. The van der Waals surface area contributed by atoms with E-state index in [1.165, 1.54) is 25.7 Å². The van der Waals surface area contributed by atoms with Gasteiger partial charge in [-0.1, -0.05) is 31.2 Å². The van der Waals surface area contributed by atoms with Crippen LogP contribution in [0, 0.1) is 0 Å². The summed E-state index contributed by atoms with van der Waals surface area (Å²) in [7, 11) is 0. The van der Waals surface area contributed by atoms with Crippen LogP contribution in [-0.4, -0.2) is 26.3 Å². The zero-order valence-electron chi connectivity index (χ0n) is 13.1. The van der Waals surface area contributed by atoms with Gasteiger partial charge in [0.25, 0.3) is 0 Å². The topological polar surface area (TPSA) is 21.3 Å². The van der Waals surface area contributed by atoms with Crippen LogP contribution in [0.2, 0.25) is 0 Å². The van der Waals surface area contributed by atoms with Crippen LogP contribution in [0.3, 0.4) is 0 Å². The van der Waals surface area contributed by atoms with E-state index < -0.39 is 0 Å². The Hall–Kier alpha value is -0.860. The van der Waals surface area contributed by atoms with E-state index in [2.05, 4.69) is 43.4 Å². The van der Waals surface area contributed by atoms with Crippen LogP contribution in [0.4, 0.5) is 0 Å². The molecule has 0 aliphatic heterocycles. The SMILES string of the molecule is CCNCC1(CCCOCC)CCCc2ccccc21. The lowest BCUT2D eigenvalue weighted by atomic mass is 9.67. The number of aryl methyl sites for hydroxylation is 1. The number of rotatable bonds is 8. The van der Waals surface area contributed by atoms with E-state index in [1.54, 1.807) is 11.1 Å². The van der Waals surface area contributed by atoms with Crippen LogP contribution in [0.5, 0.6) is 0 Å². The normalized spacial score (nSPS) is 21.7. The number of nitrogens with one attached hydrogen (secondary N) is 1. The van der Waals surface area contributed by atoms with Crippen LogP contribution < -0.4 is 5.32 Å². The maximum absolute atomic E-state index is 5.54. The molecule has 1 aliphatic rings. The van der Waals surface area contributed by atoms with E-state index in [0.717, 1.165) is 32.7 Å². The summed E-state index contributed by atoms with van der Waals surface area (Å²) in [5, 5.41) is 3.60. The van der Waals surface area contributed by atoms with Crippen molar-refractivity contribution in [2.45, 2.75) is 51.4 Å². The van der Waals surface area contributed by atoms with Crippen molar-refractivity contribution >= 4 is 0 Å².